The van der Waals surface area contributed by atoms with E-state index >= 15 is 0 Å². The number of unbranched alkanes of at least 4 members (excludes halogenated alkanes) is 1. The summed E-state index contributed by atoms with van der Waals surface area (Å²) in [5.74, 6) is -0.292. The van der Waals surface area contributed by atoms with E-state index in [1.807, 2.05) is 0 Å². The molecule has 0 radical (unpaired) electrons. The van der Waals surface area contributed by atoms with Gasteiger partial charge in [0.1, 0.15) is 0 Å². The summed E-state index contributed by atoms with van der Waals surface area (Å²) >= 11 is 0. The summed E-state index contributed by atoms with van der Waals surface area (Å²) in [7, 11) is -3.00. The maximum absolute atomic E-state index is 11.8. The van der Waals surface area contributed by atoms with Gasteiger partial charge in [-0.3, -0.25) is 13.8 Å². The average Bonchev–Trinajstić information content (AvgIpc) is 2.76. The van der Waals surface area contributed by atoms with E-state index in [0.29, 0.717) is 32.6 Å². The molecule has 0 aliphatic heterocycles. The second-order valence-electron chi connectivity index (χ2n) is 5.92. The fraction of sp³-hybridized carbons (Fsp3) is 0.938. The SMILES string of the molecule is COOP(OC)OCCOCCOCCOP(=O)(O)OCC(CO)CCCCNC=O. The number of phosphoric ester groups is 1. The van der Waals surface area contributed by atoms with Gasteiger partial charge in [-0.25, -0.2) is 9.45 Å². The molecule has 186 valence electrons. The molecule has 3 N–H and O–H groups in total. The molecule has 0 saturated carbocycles. The Labute approximate surface area is 184 Å². The number of phosphoric acid groups is 1. The highest BCUT2D eigenvalue weighted by Crippen LogP contribution is 2.43. The molecule has 0 aliphatic carbocycles. The average molecular weight is 495 g/mol. The van der Waals surface area contributed by atoms with Gasteiger partial charge in [0.25, 0.3) is 0 Å². The minimum Gasteiger partial charge on any atom is -0.396 e. The van der Waals surface area contributed by atoms with Crippen LogP contribution < -0.4 is 5.32 Å². The standard InChI is InChI=1S/C16H35NO12P2/c1-22-29-30(23-2)26-11-9-24-7-8-25-10-12-27-31(20,21)28-14-16(13-18)5-3-4-6-17-15-19/h15-16,18H,3-14H2,1-2H3,(H,17,19)(H,20,21). The zero-order valence-corrected chi connectivity index (χ0v) is 19.8. The second kappa shape index (κ2) is 21.6. The highest BCUT2D eigenvalue weighted by atomic mass is 31.2. The lowest BCUT2D eigenvalue weighted by atomic mass is 10.0. The Hall–Kier alpha value is -0.270. The first kappa shape index (κ1) is 30.7. The summed E-state index contributed by atoms with van der Waals surface area (Å²) in [6, 6.07) is 0. The lowest BCUT2D eigenvalue weighted by molar-refractivity contribution is -0.189. The van der Waals surface area contributed by atoms with Gasteiger partial charge in [0, 0.05) is 26.2 Å². The molecule has 3 atom stereocenters. The molecular formula is C16H35NO12P2. The van der Waals surface area contributed by atoms with E-state index < -0.39 is 16.4 Å². The van der Waals surface area contributed by atoms with Gasteiger partial charge < -0.3 is 33.8 Å². The van der Waals surface area contributed by atoms with E-state index in [1.165, 1.54) is 14.2 Å². The maximum Gasteiger partial charge on any atom is 0.472 e. The lowest BCUT2D eigenvalue weighted by Gasteiger charge is -2.17. The van der Waals surface area contributed by atoms with Crippen LogP contribution in [0.2, 0.25) is 0 Å². The van der Waals surface area contributed by atoms with Crippen molar-refractivity contribution in [1.82, 2.24) is 5.32 Å². The van der Waals surface area contributed by atoms with Crippen molar-refractivity contribution >= 4 is 22.8 Å². The van der Waals surface area contributed by atoms with Crippen molar-refractivity contribution in [3.05, 3.63) is 0 Å². The summed E-state index contributed by atoms with van der Waals surface area (Å²) in [4.78, 5) is 24.3. The van der Waals surface area contributed by atoms with E-state index in [2.05, 4.69) is 10.2 Å². The predicted octanol–water partition coefficient (Wildman–Crippen LogP) is 1.15. The quantitative estimate of drug-likeness (QED) is 0.0577. The molecule has 3 unspecified atom stereocenters. The lowest BCUT2D eigenvalue weighted by Crippen LogP contribution is -2.16. The largest absolute Gasteiger partial charge is 0.472 e. The van der Waals surface area contributed by atoms with Crippen molar-refractivity contribution in [2.45, 2.75) is 19.3 Å². The molecule has 0 aliphatic rings. The van der Waals surface area contributed by atoms with E-state index in [1.54, 1.807) is 0 Å². The number of rotatable bonds is 24. The van der Waals surface area contributed by atoms with Crippen molar-refractivity contribution in [2.75, 3.05) is 73.6 Å². The first-order valence-electron chi connectivity index (χ1n) is 9.72. The number of carbonyl (C=O) groups is 1. The monoisotopic (exact) mass is 495 g/mol. The molecule has 15 heteroatoms. The van der Waals surface area contributed by atoms with Crippen molar-refractivity contribution in [3.63, 3.8) is 0 Å². The number of aliphatic hydroxyl groups is 1. The minimum atomic E-state index is -4.23. The Kier molecular flexibility index (Phi) is 21.4. The van der Waals surface area contributed by atoms with Crippen LogP contribution in [0.5, 0.6) is 0 Å². The Balaban J connectivity index is 3.65. The van der Waals surface area contributed by atoms with Gasteiger partial charge in [-0.1, -0.05) is 6.42 Å². The number of aliphatic hydroxyl groups excluding tert-OH is 1. The number of carbonyl (C=O) groups excluding carboxylic acids is 1. The Morgan fingerprint density at radius 2 is 1.71 bits per heavy atom. The second-order valence-corrected chi connectivity index (χ2v) is 8.59. The fourth-order valence-corrected chi connectivity index (χ4v) is 3.39. The van der Waals surface area contributed by atoms with Crippen LogP contribution in [-0.4, -0.2) is 90.0 Å². The molecule has 0 rings (SSSR count). The zero-order valence-electron chi connectivity index (χ0n) is 18.0. The van der Waals surface area contributed by atoms with Crippen LogP contribution in [0.4, 0.5) is 0 Å². The zero-order chi connectivity index (χ0) is 23.2. The van der Waals surface area contributed by atoms with Crippen LogP contribution in [0, 0.1) is 5.92 Å². The summed E-state index contributed by atoms with van der Waals surface area (Å²) in [6.07, 6.45) is 2.70. The predicted molar refractivity (Wildman–Crippen MR) is 110 cm³/mol. The molecule has 0 heterocycles. The molecule has 1 amide bonds. The molecule has 0 fully saturated rings. The van der Waals surface area contributed by atoms with Crippen molar-refractivity contribution < 1.29 is 56.5 Å². The summed E-state index contributed by atoms with van der Waals surface area (Å²) in [6.45, 7) is 1.32. The summed E-state index contributed by atoms with van der Waals surface area (Å²) in [5, 5.41) is 11.9. The van der Waals surface area contributed by atoms with Crippen LogP contribution in [0.3, 0.4) is 0 Å². The normalized spacial score (nSPS) is 15.4. The van der Waals surface area contributed by atoms with E-state index in [-0.39, 0.29) is 45.6 Å². The number of hydrogen-bond acceptors (Lipinski definition) is 11. The van der Waals surface area contributed by atoms with Crippen LogP contribution in [0.15, 0.2) is 0 Å². The summed E-state index contributed by atoms with van der Waals surface area (Å²) < 4.78 is 46.9. The first-order valence-corrected chi connectivity index (χ1v) is 12.3. The van der Waals surface area contributed by atoms with Crippen molar-refractivity contribution in [3.8, 4) is 0 Å². The Bertz CT molecular complexity index is 462. The van der Waals surface area contributed by atoms with E-state index in [9.17, 15) is 19.4 Å². The van der Waals surface area contributed by atoms with Crippen molar-refractivity contribution in [1.29, 1.82) is 0 Å². The molecular weight excluding hydrogens is 460 g/mol. The number of hydrogen-bond donors (Lipinski definition) is 3. The van der Waals surface area contributed by atoms with Gasteiger partial charge in [-0.05, 0) is 12.8 Å². The Morgan fingerprint density at radius 3 is 2.32 bits per heavy atom. The summed E-state index contributed by atoms with van der Waals surface area (Å²) in [5.41, 5.74) is 0. The van der Waals surface area contributed by atoms with E-state index in [4.69, 9.17) is 32.2 Å². The molecule has 0 saturated heterocycles. The third-order valence-electron chi connectivity index (χ3n) is 3.56. The van der Waals surface area contributed by atoms with Gasteiger partial charge in [0.2, 0.25) is 6.41 Å². The van der Waals surface area contributed by atoms with Gasteiger partial charge in [0.05, 0.1) is 53.4 Å². The third kappa shape index (κ3) is 20.1. The minimum absolute atomic E-state index is 0.0809. The van der Waals surface area contributed by atoms with Gasteiger partial charge in [-0.2, -0.15) is 4.67 Å². The van der Waals surface area contributed by atoms with Gasteiger partial charge in [0.15, 0.2) is 0 Å². The number of ether oxygens (including phenoxy) is 2. The van der Waals surface area contributed by atoms with Crippen LogP contribution in [0.25, 0.3) is 0 Å². The molecule has 31 heavy (non-hydrogen) atoms. The number of nitrogens with one attached hydrogen (secondary N) is 1. The number of amides is 1. The van der Waals surface area contributed by atoms with Crippen LogP contribution in [0.1, 0.15) is 19.3 Å². The first-order chi connectivity index (χ1) is 15.0. The molecule has 0 aromatic rings. The smallest absolute Gasteiger partial charge is 0.396 e. The molecule has 0 aromatic carbocycles. The topological polar surface area (TPSA) is 160 Å². The highest BCUT2D eigenvalue weighted by Gasteiger charge is 2.23. The van der Waals surface area contributed by atoms with Crippen LogP contribution >= 0.6 is 16.4 Å². The Morgan fingerprint density at radius 1 is 1.03 bits per heavy atom. The molecule has 0 bridgehead atoms. The molecule has 0 aromatic heterocycles. The fourth-order valence-electron chi connectivity index (χ4n) is 2.05. The highest BCUT2D eigenvalue weighted by molar-refractivity contribution is 7.47. The van der Waals surface area contributed by atoms with Crippen molar-refractivity contribution in [2.24, 2.45) is 5.92 Å². The van der Waals surface area contributed by atoms with Crippen LogP contribution in [-0.2, 0) is 46.5 Å². The van der Waals surface area contributed by atoms with Gasteiger partial charge >= 0.3 is 16.4 Å². The molecule has 0 spiro atoms. The van der Waals surface area contributed by atoms with E-state index in [0.717, 1.165) is 12.8 Å². The third-order valence-corrected chi connectivity index (χ3v) is 5.51. The maximum atomic E-state index is 11.8. The van der Waals surface area contributed by atoms with Gasteiger partial charge in [-0.15, -0.1) is 0 Å². The molecule has 13 nitrogen and oxygen atoms in total.